The summed E-state index contributed by atoms with van der Waals surface area (Å²) in [5.74, 6) is 5.20. The zero-order valence-electron chi connectivity index (χ0n) is 7.83. The topological polar surface area (TPSA) is 40.6 Å². The van der Waals surface area contributed by atoms with Crippen LogP contribution in [0.15, 0.2) is 0 Å². The maximum atomic E-state index is 11.4. The fraction of sp³-hybridized carbons (Fsp3) is 0.556. The van der Waals surface area contributed by atoms with E-state index in [4.69, 9.17) is 0 Å². The second-order valence-corrected chi connectivity index (χ2v) is 2.70. The van der Waals surface area contributed by atoms with Crippen molar-refractivity contribution < 1.29 is 9.59 Å². The van der Waals surface area contributed by atoms with Gasteiger partial charge in [0.2, 0.25) is 0 Å². The average molecular weight is 180 g/mol. The second-order valence-electron chi connectivity index (χ2n) is 2.70. The highest BCUT2D eigenvalue weighted by molar-refractivity contribution is 6.02. The van der Waals surface area contributed by atoms with E-state index in [0.29, 0.717) is 6.54 Å². The van der Waals surface area contributed by atoms with Crippen molar-refractivity contribution in [2.75, 3.05) is 19.6 Å². The first-order valence-corrected chi connectivity index (χ1v) is 4.19. The molecule has 0 radical (unpaired) electrons. The largest absolute Gasteiger partial charge is 0.328 e. The van der Waals surface area contributed by atoms with E-state index in [1.165, 1.54) is 9.80 Å². The Bertz CT molecular complexity index is 288. The van der Waals surface area contributed by atoms with Crippen LogP contribution in [0.5, 0.6) is 0 Å². The molecule has 1 rings (SSSR count). The Kier molecular flexibility index (Phi) is 2.91. The molecule has 0 atom stereocenters. The normalized spacial score (nSPS) is 16.2. The average Bonchev–Trinajstić information content (AvgIpc) is 2.39. The van der Waals surface area contributed by atoms with Gasteiger partial charge in [0, 0.05) is 6.54 Å². The SMILES string of the molecule is CC#CCN1C(=O)CN(CC)C1=O. The molecule has 0 aromatic rings. The van der Waals surface area contributed by atoms with E-state index in [9.17, 15) is 9.59 Å². The molecule has 13 heavy (non-hydrogen) atoms. The third-order valence-corrected chi connectivity index (χ3v) is 1.92. The van der Waals surface area contributed by atoms with Gasteiger partial charge in [-0.25, -0.2) is 4.79 Å². The highest BCUT2D eigenvalue weighted by Crippen LogP contribution is 2.08. The van der Waals surface area contributed by atoms with Crippen LogP contribution in [0.25, 0.3) is 0 Å². The first kappa shape index (κ1) is 9.59. The Hall–Kier alpha value is -1.50. The van der Waals surface area contributed by atoms with E-state index in [-0.39, 0.29) is 25.0 Å². The summed E-state index contributed by atoms with van der Waals surface area (Å²) in [6, 6.07) is -0.227. The molecule has 0 aromatic heterocycles. The molecule has 0 bridgehead atoms. The zero-order chi connectivity index (χ0) is 9.84. The molecule has 3 amide bonds. The summed E-state index contributed by atoms with van der Waals surface area (Å²) in [5.41, 5.74) is 0. The highest BCUT2D eigenvalue weighted by atomic mass is 16.2. The molecule has 0 spiro atoms. The summed E-state index contributed by atoms with van der Waals surface area (Å²) < 4.78 is 0. The number of carbonyl (C=O) groups is 2. The van der Waals surface area contributed by atoms with Crippen LogP contribution in [-0.2, 0) is 4.79 Å². The first-order valence-electron chi connectivity index (χ1n) is 4.19. The minimum atomic E-state index is -0.227. The summed E-state index contributed by atoms with van der Waals surface area (Å²) in [4.78, 5) is 25.4. The number of hydrogen-bond donors (Lipinski definition) is 0. The van der Waals surface area contributed by atoms with Crippen molar-refractivity contribution in [1.29, 1.82) is 0 Å². The van der Waals surface area contributed by atoms with Crippen molar-refractivity contribution >= 4 is 11.9 Å². The lowest BCUT2D eigenvalue weighted by Gasteiger charge is -2.12. The Labute approximate surface area is 77.5 Å². The van der Waals surface area contributed by atoms with Gasteiger partial charge >= 0.3 is 6.03 Å². The molecule has 4 heteroatoms. The number of nitrogens with zero attached hydrogens (tertiary/aromatic N) is 2. The van der Waals surface area contributed by atoms with Crippen molar-refractivity contribution in [1.82, 2.24) is 9.80 Å². The molecule has 1 saturated heterocycles. The fourth-order valence-electron chi connectivity index (χ4n) is 1.15. The van der Waals surface area contributed by atoms with Gasteiger partial charge in [0.1, 0.15) is 6.54 Å². The summed E-state index contributed by atoms with van der Waals surface area (Å²) >= 11 is 0. The van der Waals surface area contributed by atoms with Crippen molar-refractivity contribution in [2.45, 2.75) is 13.8 Å². The lowest BCUT2D eigenvalue weighted by atomic mass is 10.5. The smallest absolute Gasteiger partial charge is 0.315 e. The number of hydrogen-bond acceptors (Lipinski definition) is 2. The van der Waals surface area contributed by atoms with Gasteiger partial charge in [-0.1, -0.05) is 5.92 Å². The van der Waals surface area contributed by atoms with E-state index in [0.717, 1.165) is 0 Å². The Balaban J connectivity index is 2.68. The number of urea groups is 1. The van der Waals surface area contributed by atoms with Gasteiger partial charge in [0.05, 0.1) is 6.54 Å². The monoisotopic (exact) mass is 180 g/mol. The van der Waals surface area contributed by atoms with E-state index in [2.05, 4.69) is 11.8 Å². The van der Waals surface area contributed by atoms with E-state index in [1.54, 1.807) is 6.92 Å². The molecule has 1 aliphatic heterocycles. The fourth-order valence-corrected chi connectivity index (χ4v) is 1.15. The lowest BCUT2D eigenvalue weighted by Crippen LogP contribution is -2.33. The number of likely N-dealkylation sites (N-methyl/N-ethyl adjacent to an activating group) is 1. The Morgan fingerprint density at radius 3 is 2.62 bits per heavy atom. The lowest BCUT2D eigenvalue weighted by molar-refractivity contribution is -0.124. The van der Waals surface area contributed by atoms with Crippen LogP contribution in [0.3, 0.4) is 0 Å². The summed E-state index contributed by atoms with van der Waals surface area (Å²) in [5, 5.41) is 0. The van der Waals surface area contributed by atoms with Gasteiger partial charge < -0.3 is 4.90 Å². The Morgan fingerprint density at radius 1 is 1.46 bits per heavy atom. The van der Waals surface area contributed by atoms with Gasteiger partial charge in [0.25, 0.3) is 5.91 Å². The van der Waals surface area contributed by atoms with Crippen LogP contribution in [0, 0.1) is 11.8 Å². The zero-order valence-corrected chi connectivity index (χ0v) is 7.83. The summed E-state index contributed by atoms with van der Waals surface area (Å²) in [6.45, 7) is 4.51. The van der Waals surface area contributed by atoms with Crippen LogP contribution in [0.1, 0.15) is 13.8 Å². The molecular weight excluding hydrogens is 168 g/mol. The first-order chi connectivity index (χ1) is 6.20. The van der Waals surface area contributed by atoms with Crippen LogP contribution in [-0.4, -0.2) is 41.4 Å². The van der Waals surface area contributed by atoms with Crippen molar-refractivity contribution in [3.05, 3.63) is 0 Å². The molecular formula is C9H12N2O2. The molecule has 0 saturated carbocycles. The van der Waals surface area contributed by atoms with Crippen LogP contribution < -0.4 is 0 Å². The minimum absolute atomic E-state index is 0.158. The van der Waals surface area contributed by atoms with E-state index >= 15 is 0 Å². The number of imide groups is 1. The second kappa shape index (κ2) is 3.94. The number of carbonyl (C=O) groups excluding carboxylic acids is 2. The molecule has 0 unspecified atom stereocenters. The van der Waals surface area contributed by atoms with Gasteiger partial charge in [-0.3, -0.25) is 9.69 Å². The third-order valence-electron chi connectivity index (χ3n) is 1.92. The minimum Gasteiger partial charge on any atom is -0.315 e. The molecule has 70 valence electrons. The van der Waals surface area contributed by atoms with Crippen LogP contribution in [0.4, 0.5) is 4.79 Å². The number of rotatable bonds is 2. The predicted octanol–water partition coefficient (Wildman–Crippen LogP) is 0.294. The Morgan fingerprint density at radius 2 is 2.15 bits per heavy atom. The maximum absolute atomic E-state index is 11.4. The van der Waals surface area contributed by atoms with Crippen molar-refractivity contribution in [3.63, 3.8) is 0 Å². The summed E-state index contributed by atoms with van der Waals surface area (Å²) in [6.07, 6.45) is 0. The number of amides is 3. The van der Waals surface area contributed by atoms with Gasteiger partial charge in [-0.05, 0) is 13.8 Å². The van der Waals surface area contributed by atoms with E-state index < -0.39 is 0 Å². The maximum Gasteiger partial charge on any atom is 0.328 e. The summed E-state index contributed by atoms with van der Waals surface area (Å²) in [7, 11) is 0. The van der Waals surface area contributed by atoms with Crippen LogP contribution in [0.2, 0.25) is 0 Å². The van der Waals surface area contributed by atoms with Gasteiger partial charge in [-0.2, -0.15) is 0 Å². The van der Waals surface area contributed by atoms with Crippen LogP contribution >= 0.6 is 0 Å². The molecule has 1 fully saturated rings. The standard InChI is InChI=1S/C9H12N2O2/c1-3-5-6-11-8(12)7-10(4-2)9(11)13/h4,6-7H2,1-2H3. The molecule has 1 aliphatic rings. The third kappa shape index (κ3) is 1.81. The molecule has 0 aromatic carbocycles. The van der Waals surface area contributed by atoms with Crippen molar-refractivity contribution in [3.8, 4) is 11.8 Å². The predicted molar refractivity (Wildman–Crippen MR) is 47.8 cm³/mol. The van der Waals surface area contributed by atoms with Crippen molar-refractivity contribution in [2.24, 2.45) is 0 Å². The highest BCUT2D eigenvalue weighted by Gasteiger charge is 2.33. The van der Waals surface area contributed by atoms with E-state index in [1.807, 2.05) is 6.92 Å². The molecule has 0 aliphatic carbocycles. The molecule has 0 N–H and O–H groups in total. The molecule has 1 heterocycles. The van der Waals surface area contributed by atoms with Gasteiger partial charge in [-0.15, -0.1) is 5.92 Å². The quantitative estimate of drug-likeness (QED) is 0.453. The molecule has 4 nitrogen and oxygen atoms in total. The van der Waals surface area contributed by atoms with Gasteiger partial charge in [0.15, 0.2) is 0 Å².